The minimum Gasteiger partial charge on any atom is -0.494 e. The molecule has 2 aliphatic rings. The quantitative estimate of drug-likeness (QED) is 0.266. The number of anilines is 1. The van der Waals surface area contributed by atoms with E-state index in [4.69, 9.17) is 15.2 Å². The van der Waals surface area contributed by atoms with Crippen LogP contribution < -0.4 is 20.8 Å². The van der Waals surface area contributed by atoms with Gasteiger partial charge in [0, 0.05) is 56.4 Å². The molecule has 6 rings (SSSR count). The first-order valence-corrected chi connectivity index (χ1v) is 16.2. The number of alkyl halides is 2. The fourth-order valence-corrected chi connectivity index (χ4v) is 6.68. The minimum absolute atomic E-state index is 0.0718. The van der Waals surface area contributed by atoms with Gasteiger partial charge in [-0.3, -0.25) is 29.0 Å². The number of halogens is 3. The van der Waals surface area contributed by atoms with Gasteiger partial charge in [-0.05, 0) is 37.6 Å². The van der Waals surface area contributed by atoms with Crippen molar-refractivity contribution >= 4 is 11.6 Å². The van der Waals surface area contributed by atoms with Gasteiger partial charge in [-0.15, -0.1) is 0 Å². The summed E-state index contributed by atoms with van der Waals surface area (Å²) in [5, 5.41) is 11.3. The third-order valence-electron chi connectivity index (χ3n) is 9.41. The number of nitrogen functional groups attached to an aromatic ring is 1. The molecule has 1 amide bonds. The van der Waals surface area contributed by atoms with E-state index in [2.05, 4.69) is 19.9 Å². The van der Waals surface area contributed by atoms with E-state index >= 15 is 8.78 Å². The number of aliphatic hydroxyl groups is 1. The van der Waals surface area contributed by atoms with Crippen molar-refractivity contribution in [3.05, 3.63) is 100 Å². The second-order valence-corrected chi connectivity index (χ2v) is 12.8. The molecule has 0 radical (unpaired) electrons. The summed E-state index contributed by atoms with van der Waals surface area (Å²) in [5.74, 6) is -6.00. The zero-order valence-corrected chi connectivity index (χ0v) is 27.6. The number of aromatic nitrogens is 4. The number of benzene rings is 2. The number of nitrogens with two attached hydrogens (primary N) is 1. The number of rotatable bonds is 9. The summed E-state index contributed by atoms with van der Waals surface area (Å²) in [4.78, 5) is 43.2. The van der Waals surface area contributed by atoms with Gasteiger partial charge in [0.15, 0.2) is 17.3 Å². The van der Waals surface area contributed by atoms with Crippen LogP contribution in [0.4, 0.5) is 18.9 Å². The van der Waals surface area contributed by atoms with Gasteiger partial charge < -0.3 is 25.2 Å². The van der Waals surface area contributed by atoms with E-state index in [1.165, 1.54) is 19.2 Å². The number of nitrogens with zero attached hydrogens (tertiary/aromatic N) is 6. The molecule has 12 nitrogen and oxygen atoms in total. The molecule has 0 saturated carbocycles. The number of ether oxygens (including phenoxy) is 2. The Kier molecular flexibility index (Phi) is 9.80. The normalized spacial score (nSPS) is 22.2. The molecule has 3 N–H and O–H groups in total. The second-order valence-electron chi connectivity index (χ2n) is 12.8. The average Bonchev–Trinajstić information content (AvgIpc) is 3.10. The maximum Gasteiger partial charge on any atom is 0.295 e. The highest BCUT2D eigenvalue weighted by molar-refractivity contribution is 5.80. The van der Waals surface area contributed by atoms with Crippen molar-refractivity contribution in [3.8, 4) is 17.4 Å². The van der Waals surface area contributed by atoms with Crippen LogP contribution in [0.15, 0.2) is 72.0 Å². The molecule has 0 unspecified atom stereocenters. The zero-order valence-electron chi connectivity index (χ0n) is 27.6. The minimum atomic E-state index is -3.78. The third kappa shape index (κ3) is 7.14. The van der Waals surface area contributed by atoms with E-state index in [-0.39, 0.29) is 29.8 Å². The van der Waals surface area contributed by atoms with Gasteiger partial charge in [-0.2, -0.15) is 0 Å². The molecule has 3 atom stereocenters. The number of likely N-dealkylation sites (tertiary alicyclic amines) is 2. The van der Waals surface area contributed by atoms with Gasteiger partial charge in [-0.1, -0.05) is 30.3 Å². The Hall–Kier alpha value is -5.02. The Morgan fingerprint density at radius 2 is 1.92 bits per heavy atom. The molecule has 0 spiro atoms. The summed E-state index contributed by atoms with van der Waals surface area (Å²) < 4.78 is 56.8. The lowest BCUT2D eigenvalue weighted by atomic mass is 9.78. The van der Waals surface area contributed by atoms with Crippen molar-refractivity contribution in [3.63, 3.8) is 0 Å². The van der Waals surface area contributed by atoms with Gasteiger partial charge >= 0.3 is 0 Å². The van der Waals surface area contributed by atoms with Crippen LogP contribution in [0.25, 0.3) is 0 Å². The summed E-state index contributed by atoms with van der Waals surface area (Å²) >= 11 is 0. The molecule has 0 bridgehead atoms. The van der Waals surface area contributed by atoms with Crippen molar-refractivity contribution in [2.45, 2.75) is 50.3 Å². The summed E-state index contributed by atoms with van der Waals surface area (Å²) in [6, 6.07) is 13.1. The number of hydrogen-bond donors (Lipinski definition) is 2. The number of carbonyl (C=O) groups excluding carboxylic acids is 1. The van der Waals surface area contributed by atoms with Crippen molar-refractivity contribution < 1.29 is 32.5 Å². The zero-order chi connectivity index (χ0) is 35.6. The Morgan fingerprint density at radius 3 is 2.64 bits per heavy atom. The molecule has 264 valence electrons. The van der Waals surface area contributed by atoms with E-state index < -0.39 is 59.9 Å². The summed E-state index contributed by atoms with van der Waals surface area (Å²) in [6.07, 6.45) is 4.30. The van der Waals surface area contributed by atoms with E-state index in [9.17, 15) is 19.1 Å². The first-order chi connectivity index (χ1) is 23.9. The first-order valence-electron chi connectivity index (χ1n) is 16.2. The topological polar surface area (TPSA) is 149 Å². The van der Waals surface area contributed by atoms with Gasteiger partial charge in [0.1, 0.15) is 17.7 Å². The Morgan fingerprint density at radius 1 is 1.14 bits per heavy atom. The molecule has 2 aliphatic heterocycles. The fraction of sp³-hybridized carbons (Fsp3) is 0.400. The Bertz CT molecular complexity index is 1910. The van der Waals surface area contributed by atoms with E-state index in [0.29, 0.717) is 26.1 Å². The van der Waals surface area contributed by atoms with Gasteiger partial charge in [0.05, 0.1) is 31.6 Å². The molecule has 4 aromatic rings. The van der Waals surface area contributed by atoms with Crippen LogP contribution in [0, 0.1) is 18.7 Å². The standard InChI is InChI=1S/C35H38F3N7O5/c1-22-15-40-16-24(42-22)17-43-12-10-26(27(18-43)23-6-4-3-5-7-23)32(46)44-13-11-34(48,35(37,38)20-44)19-45-21-41-31(30(39)33(45)47)50-25-8-9-28(36)29(14-25)49-2/h3-9,14-16,21,26-27,48H,10-13,17-20,39H2,1-2H3/t26-,27+,34+/m1/s1. The maximum absolute atomic E-state index is 15.9. The maximum atomic E-state index is 15.9. The fourth-order valence-electron chi connectivity index (χ4n) is 6.68. The van der Waals surface area contributed by atoms with E-state index in [1.54, 1.807) is 12.4 Å². The third-order valence-corrected chi connectivity index (χ3v) is 9.41. The number of carbonyl (C=O) groups is 1. The largest absolute Gasteiger partial charge is 0.494 e. The first kappa shape index (κ1) is 34.8. The van der Waals surface area contributed by atoms with E-state index in [0.717, 1.165) is 38.8 Å². The van der Waals surface area contributed by atoms with Crippen molar-refractivity contribution in [2.75, 3.05) is 39.0 Å². The molecule has 4 heterocycles. The smallest absolute Gasteiger partial charge is 0.295 e. The predicted octanol–water partition coefficient (Wildman–Crippen LogP) is 3.77. The number of hydrogen-bond acceptors (Lipinski definition) is 10. The lowest BCUT2D eigenvalue weighted by Gasteiger charge is -2.46. The number of piperidine rings is 2. The highest BCUT2D eigenvalue weighted by Crippen LogP contribution is 2.41. The van der Waals surface area contributed by atoms with Crippen LogP contribution in [0.5, 0.6) is 17.4 Å². The van der Waals surface area contributed by atoms with Crippen molar-refractivity contribution in [1.82, 2.24) is 29.3 Å². The number of methoxy groups -OCH3 is 1. The van der Waals surface area contributed by atoms with Gasteiger partial charge in [0.25, 0.3) is 11.5 Å². The highest BCUT2D eigenvalue weighted by Gasteiger charge is 2.57. The van der Waals surface area contributed by atoms with Crippen LogP contribution >= 0.6 is 0 Å². The SMILES string of the molecule is COc1cc(Oc2ncn(C[C@@]3(O)CCN(C(=O)[C@@H]4CCN(Cc5cncc(C)n5)C[C@H]4c4ccccc4)CC3(F)F)c(=O)c2N)ccc1F. The van der Waals surface area contributed by atoms with Gasteiger partial charge in [-0.25, -0.2) is 18.2 Å². The molecule has 50 heavy (non-hydrogen) atoms. The molecular formula is C35H38F3N7O5. The number of amides is 1. The highest BCUT2D eigenvalue weighted by atomic mass is 19.3. The van der Waals surface area contributed by atoms with Crippen LogP contribution in [-0.2, 0) is 17.9 Å². The van der Waals surface area contributed by atoms with Crippen LogP contribution in [0.3, 0.4) is 0 Å². The summed E-state index contributed by atoms with van der Waals surface area (Å²) in [5.41, 5.74) is 4.41. The Labute approximate surface area is 286 Å². The molecule has 0 aliphatic carbocycles. The number of aryl methyl sites for hydroxylation is 1. The molecule has 15 heteroatoms. The molecule has 2 aromatic carbocycles. The van der Waals surface area contributed by atoms with Crippen molar-refractivity contribution in [2.24, 2.45) is 5.92 Å². The van der Waals surface area contributed by atoms with Crippen LogP contribution in [0.1, 0.15) is 35.7 Å². The molecular weight excluding hydrogens is 655 g/mol. The predicted molar refractivity (Wildman–Crippen MR) is 176 cm³/mol. The molecule has 2 saturated heterocycles. The second kappa shape index (κ2) is 14.1. The Balaban J connectivity index is 1.15. The average molecular weight is 694 g/mol. The molecule has 2 aromatic heterocycles. The summed E-state index contributed by atoms with van der Waals surface area (Å²) in [6.45, 7) is 1.52. The van der Waals surface area contributed by atoms with Crippen LogP contribution in [-0.4, -0.2) is 85.1 Å². The lowest BCUT2D eigenvalue weighted by molar-refractivity contribution is -0.223. The molecule has 2 fully saturated rings. The van der Waals surface area contributed by atoms with Crippen LogP contribution in [0.2, 0.25) is 0 Å². The monoisotopic (exact) mass is 693 g/mol. The summed E-state index contributed by atoms with van der Waals surface area (Å²) in [7, 11) is 1.27. The van der Waals surface area contributed by atoms with Crippen molar-refractivity contribution in [1.29, 1.82) is 0 Å². The van der Waals surface area contributed by atoms with Gasteiger partial charge in [0.2, 0.25) is 11.8 Å². The van der Waals surface area contributed by atoms with E-state index in [1.807, 2.05) is 37.3 Å². The lowest BCUT2D eigenvalue weighted by Crippen LogP contribution is -2.64.